The van der Waals surface area contributed by atoms with Crippen LogP contribution in [0.5, 0.6) is 0 Å². The van der Waals surface area contributed by atoms with Crippen LogP contribution in [0.1, 0.15) is 29.6 Å². The largest absolute Gasteiger partial charge is 0.391 e. The lowest BCUT2D eigenvalue weighted by Crippen LogP contribution is -2.53. The molecule has 0 saturated carbocycles. The van der Waals surface area contributed by atoms with Crippen molar-refractivity contribution in [2.24, 2.45) is 0 Å². The van der Waals surface area contributed by atoms with Gasteiger partial charge in [0.25, 0.3) is 0 Å². The molecule has 0 aliphatic carbocycles. The van der Waals surface area contributed by atoms with Crippen LogP contribution in [-0.4, -0.2) is 62.9 Å². The first-order valence-electron chi connectivity index (χ1n) is 7.56. The fourth-order valence-corrected chi connectivity index (χ4v) is 3.86. The monoisotopic (exact) mass is 369 g/mol. The number of hydrogen-bond donors (Lipinski definition) is 3. The van der Waals surface area contributed by atoms with Crippen molar-refractivity contribution in [3.05, 3.63) is 34.3 Å². The molecular formula is C16H20BrNO4. The van der Waals surface area contributed by atoms with E-state index < -0.39 is 24.4 Å². The Bertz CT molecular complexity index is 550. The second-order valence-electron chi connectivity index (χ2n) is 6.18. The van der Waals surface area contributed by atoms with Gasteiger partial charge in [0.15, 0.2) is 5.78 Å². The number of ketones is 1. The number of hydrogen-bond acceptors (Lipinski definition) is 5. The van der Waals surface area contributed by atoms with E-state index >= 15 is 0 Å². The van der Waals surface area contributed by atoms with E-state index in [0.717, 1.165) is 4.47 Å². The number of nitrogens with zero attached hydrogens (tertiary/aromatic N) is 1. The molecule has 120 valence electrons. The van der Waals surface area contributed by atoms with Crippen molar-refractivity contribution >= 4 is 21.7 Å². The van der Waals surface area contributed by atoms with Gasteiger partial charge in [0.2, 0.25) is 0 Å². The Kier molecular flexibility index (Phi) is 4.66. The summed E-state index contributed by atoms with van der Waals surface area (Å²) in [6.45, 7) is 0.307. The van der Waals surface area contributed by atoms with E-state index in [-0.39, 0.29) is 11.8 Å². The molecule has 2 aliphatic heterocycles. The lowest BCUT2D eigenvalue weighted by atomic mass is 9.89. The van der Waals surface area contributed by atoms with E-state index in [2.05, 4.69) is 15.9 Å². The van der Waals surface area contributed by atoms with Gasteiger partial charge in [0.05, 0.1) is 24.4 Å². The van der Waals surface area contributed by atoms with Gasteiger partial charge in [0.1, 0.15) is 0 Å². The third-order valence-corrected chi connectivity index (χ3v) is 5.30. The van der Waals surface area contributed by atoms with E-state index in [9.17, 15) is 20.1 Å². The van der Waals surface area contributed by atoms with Gasteiger partial charge < -0.3 is 15.3 Å². The SMILES string of the molecule is O=C(C[C@H]1CC[C@@H](O)[C@@H]2[C@H](O)[C@H](O)CN12)c1ccc(Br)cc1. The van der Waals surface area contributed by atoms with Crippen molar-refractivity contribution in [2.75, 3.05) is 6.54 Å². The van der Waals surface area contributed by atoms with Crippen LogP contribution in [0, 0.1) is 0 Å². The summed E-state index contributed by atoms with van der Waals surface area (Å²) in [6, 6.07) is 6.74. The molecular weight excluding hydrogens is 350 g/mol. The zero-order valence-corrected chi connectivity index (χ0v) is 13.7. The number of aliphatic hydroxyl groups is 3. The summed E-state index contributed by atoms with van der Waals surface area (Å²) in [5.74, 6) is 0.0449. The first-order chi connectivity index (χ1) is 10.5. The summed E-state index contributed by atoms with van der Waals surface area (Å²) in [5, 5.41) is 29.9. The fourth-order valence-electron chi connectivity index (χ4n) is 3.60. The zero-order valence-electron chi connectivity index (χ0n) is 12.1. The van der Waals surface area contributed by atoms with Gasteiger partial charge >= 0.3 is 0 Å². The topological polar surface area (TPSA) is 81.0 Å². The van der Waals surface area contributed by atoms with Crippen molar-refractivity contribution in [3.63, 3.8) is 0 Å². The molecule has 0 unspecified atom stereocenters. The summed E-state index contributed by atoms with van der Waals surface area (Å²) in [6.07, 6.45) is -0.873. The van der Waals surface area contributed by atoms with Crippen LogP contribution in [0.15, 0.2) is 28.7 Å². The Balaban J connectivity index is 1.72. The van der Waals surface area contributed by atoms with Crippen LogP contribution in [-0.2, 0) is 0 Å². The number of aliphatic hydroxyl groups excluding tert-OH is 3. The third kappa shape index (κ3) is 2.98. The number of carbonyl (C=O) groups is 1. The molecule has 22 heavy (non-hydrogen) atoms. The van der Waals surface area contributed by atoms with E-state index in [1.54, 1.807) is 12.1 Å². The standard InChI is InChI=1S/C16H20BrNO4/c17-10-3-1-9(2-4-10)13(20)7-11-5-6-12(19)15-16(22)14(21)8-18(11)15/h1-4,11-12,14-16,19,21-22H,5-8H2/t11-,12-,14-,15-,16-/m1/s1. The lowest BCUT2D eigenvalue weighted by Gasteiger charge is -2.40. The summed E-state index contributed by atoms with van der Waals surface area (Å²) < 4.78 is 0.927. The van der Waals surface area contributed by atoms with E-state index in [1.807, 2.05) is 17.0 Å². The minimum absolute atomic E-state index is 0.0449. The molecule has 6 heteroatoms. The van der Waals surface area contributed by atoms with Gasteiger partial charge in [-0.1, -0.05) is 28.1 Å². The molecule has 2 aliphatic rings. The maximum atomic E-state index is 12.4. The van der Waals surface area contributed by atoms with Crippen LogP contribution in [0.25, 0.3) is 0 Å². The first-order valence-corrected chi connectivity index (χ1v) is 8.35. The van der Waals surface area contributed by atoms with Crippen molar-refractivity contribution in [3.8, 4) is 0 Å². The van der Waals surface area contributed by atoms with Gasteiger partial charge in [-0.25, -0.2) is 0 Å². The van der Waals surface area contributed by atoms with Crippen molar-refractivity contribution < 1.29 is 20.1 Å². The molecule has 0 bridgehead atoms. The molecule has 0 radical (unpaired) electrons. The molecule has 3 rings (SSSR count). The fraction of sp³-hybridized carbons (Fsp3) is 0.562. The van der Waals surface area contributed by atoms with Crippen LogP contribution < -0.4 is 0 Å². The molecule has 0 spiro atoms. The van der Waals surface area contributed by atoms with Gasteiger partial charge in [-0.15, -0.1) is 0 Å². The maximum Gasteiger partial charge on any atom is 0.164 e. The molecule has 0 amide bonds. The minimum atomic E-state index is -0.944. The number of fused-ring (bicyclic) bond motifs is 1. The zero-order chi connectivity index (χ0) is 15.9. The third-order valence-electron chi connectivity index (χ3n) is 4.77. The highest BCUT2D eigenvalue weighted by molar-refractivity contribution is 9.10. The number of piperidine rings is 1. The molecule has 0 aromatic heterocycles. The lowest BCUT2D eigenvalue weighted by molar-refractivity contribution is -0.0453. The summed E-state index contributed by atoms with van der Waals surface area (Å²) >= 11 is 3.35. The van der Waals surface area contributed by atoms with Crippen LogP contribution >= 0.6 is 15.9 Å². The van der Waals surface area contributed by atoms with E-state index in [0.29, 0.717) is 31.4 Å². The summed E-state index contributed by atoms with van der Waals surface area (Å²) in [4.78, 5) is 14.3. The number of rotatable bonds is 3. The average molecular weight is 370 g/mol. The van der Waals surface area contributed by atoms with Crippen molar-refractivity contribution in [1.29, 1.82) is 0 Å². The quantitative estimate of drug-likeness (QED) is 0.691. The Morgan fingerprint density at radius 3 is 2.50 bits per heavy atom. The maximum absolute atomic E-state index is 12.4. The van der Waals surface area contributed by atoms with E-state index in [1.165, 1.54) is 0 Å². The first kappa shape index (κ1) is 16.1. The summed E-state index contributed by atoms with van der Waals surface area (Å²) in [5.41, 5.74) is 0.658. The highest BCUT2D eigenvalue weighted by atomic mass is 79.9. The predicted molar refractivity (Wildman–Crippen MR) is 84.6 cm³/mol. The Hall–Kier alpha value is -0.790. The van der Waals surface area contributed by atoms with Gasteiger partial charge in [-0.3, -0.25) is 9.69 Å². The average Bonchev–Trinajstić information content (AvgIpc) is 2.79. The van der Waals surface area contributed by atoms with Crippen LogP contribution in [0.2, 0.25) is 0 Å². The highest BCUT2D eigenvalue weighted by Crippen LogP contribution is 2.33. The second-order valence-corrected chi connectivity index (χ2v) is 7.09. The van der Waals surface area contributed by atoms with Crippen LogP contribution in [0.3, 0.4) is 0 Å². The van der Waals surface area contributed by atoms with Crippen LogP contribution in [0.4, 0.5) is 0 Å². The molecule has 2 saturated heterocycles. The van der Waals surface area contributed by atoms with E-state index in [4.69, 9.17) is 0 Å². The molecule has 5 atom stereocenters. The van der Waals surface area contributed by atoms with Gasteiger partial charge in [0, 0.05) is 29.0 Å². The van der Waals surface area contributed by atoms with Gasteiger partial charge in [-0.05, 0) is 25.0 Å². The second kappa shape index (κ2) is 6.37. The van der Waals surface area contributed by atoms with Crippen molar-refractivity contribution in [2.45, 2.75) is 49.7 Å². The number of carbonyl (C=O) groups excluding carboxylic acids is 1. The molecule has 2 fully saturated rings. The molecule has 1 aromatic carbocycles. The molecule has 1 aromatic rings. The molecule has 3 N–H and O–H groups in total. The Morgan fingerprint density at radius 2 is 1.82 bits per heavy atom. The normalized spacial score (nSPS) is 35.4. The Labute approximate surface area is 137 Å². The van der Waals surface area contributed by atoms with Gasteiger partial charge in [-0.2, -0.15) is 0 Å². The number of benzene rings is 1. The minimum Gasteiger partial charge on any atom is -0.391 e. The molecule has 5 nitrogen and oxygen atoms in total. The van der Waals surface area contributed by atoms with Crippen molar-refractivity contribution in [1.82, 2.24) is 4.90 Å². The predicted octanol–water partition coefficient (Wildman–Crippen LogP) is 0.951. The summed E-state index contributed by atoms with van der Waals surface area (Å²) in [7, 11) is 0. The number of Topliss-reactive ketones (excluding diaryl/α,β-unsaturated/α-hetero) is 1. The Morgan fingerprint density at radius 1 is 1.14 bits per heavy atom. The smallest absolute Gasteiger partial charge is 0.164 e. The number of halogens is 1. The highest BCUT2D eigenvalue weighted by Gasteiger charge is 2.49. The molecule has 2 heterocycles.